The van der Waals surface area contributed by atoms with Gasteiger partial charge < -0.3 is 14.6 Å². The van der Waals surface area contributed by atoms with Crippen LogP contribution in [-0.4, -0.2) is 39.4 Å². The maximum atomic E-state index is 12.0. The number of aromatic amines is 1. The van der Waals surface area contributed by atoms with Gasteiger partial charge in [-0.05, 0) is 13.3 Å². The second kappa shape index (κ2) is 15.9. The van der Waals surface area contributed by atoms with Gasteiger partial charge in [-0.3, -0.25) is 19.1 Å². The molecule has 1 aromatic rings. The van der Waals surface area contributed by atoms with Crippen molar-refractivity contribution in [3.05, 3.63) is 32.6 Å². The molecule has 8 nitrogen and oxygen atoms in total. The van der Waals surface area contributed by atoms with Gasteiger partial charge in [0, 0.05) is 24.6 Å². The minimum absolute atomic E-state index is 0.0496. The van der Waals surface area contributed by atoms with Crippen LogP contribution >= 0.6 is 0 Å². The Morgan fingerprint density at radius 1 is 1.03 bits per heavy atom. The van der Waals surface area contributed by atoms with Gasteiger partial charge in [0.15, 0.2) is 0 Å². The molecule has 1 aliphatic heterocycles. The van der Waals surface area contributed by atoms with E-state index in [2.05, 4.69) is 11.9 Å². The number of carbonyl (C=O) groups is 1. The number of unbranched alkanes of at least 4 members (excludes halogenated alkanes) is 12. The maximum absolute atomic E-state index is 12.0. The molecule has 2 N–H and O–H groups in total. The van der Waals surface area contributed by atoms with E-state index in [4.69, 9.17) is 9.47 Å². The van der Waals surface area contributed by atoms with Crippen LogP contribution in [0.5, 0.6) is 0 Å². The van der Waals surface area contributed by atoms with Crippen molar-refractivity contribution in [2.75, 3.05) is 6.61 Å². The Morgan fingerprint density at radius 2 is 1.59 bits per heavy atom. The molecule has 1 aliphatic rings. The molecular weight excluding hydrogens is 436 g/mol. The Labute approximate surface area is 203 Å². The van der Waals surface area contributed by atoms with Gasteiger partial charge in [0.25, 0.3) is 5.56 Å². The zero-order valence-corrected chi connectivity index (χ0v) is 21.1. The molecule has 1 fully saturated rings. The van der Waals surface area contributed by atoms with Gasteiger partial charge in [0.1, 0.15) is 18.9 Å². The Bertz CT molecular complexity index is 833. The van der Waals surface area contributed by atoms with Gasteiger partial charge >= 0.3 is 11.7 Å². The number of rotatable bonds is 17. The number of nitrogens with zero attached hydrogens (tertiary/aromatic N) is 1. The van der Waals surface area contributed by atoms with E-state index in [9.17, 15) is 19.5 Å². The average molecular weight is 481 g/mol. The fraction of sp³-hybridized carbons (Fsp3) is 0.808. The van der Waals surface area contributed by atoms with Crippen molar-refractivity contribution in [1.82, 2.24) is 9.55 Å². The van der Waals surface area contributed by atoms with Crippen LogP contribution in [0.25, 0.3) is 0 Å². The number of aryl methyl sites for hydroxylation is 1. The Hall–Kier alpha value is -1.93. The van der Waals surface area contributed by atoms with E-state index in [1.54, 1.807) is 6.92 Å². The number of aromatic nitrogens is 2. The molecule has 2 heterocycles. The maximum Gasteiger partial charge on any atom is 0.330 e. The molecule has 2 rings (SSSR count). The van der Waals surface area contributed by atoms with Crippen molar-refractivity contribution >= 4 is 5.97 Å². The molecule has 1 saturated heterocycles. The highest BCUT2D eigenvalue weighted by atomic mass is 16.6. The van der Waals surface area contributed by atoms with Crippen molar-refractivity contribution in [1.29, 1.82) is 0 Å². The fourth-order valence-corrected chi connectivity index (χ4v) is 4.37. The van der Waals surface area contributed by atoms with E-state index in [0.29, 0.717) is 12.0 Å². The molecule has 1 aromatic heterocycles. The summed E-state index contributed by atoms with van der Waals surface area (Å²) in [6.07, 6.45) is 16.0. The number of aliphatic hydroxyl groups excluding tert-OH is 1. The van der Waals surface area contributed by atoms with E-state index in [-0.39, 0.29) is 19.0 Å². The predicted molar refractivity (Wildman–Crippen MR) is 132 cm³/mol. The predicted octanol–water partition coefficient (Wildman–Crippen LogP) is 4.52. The smallest absolute Gasteiger partial charge is 0.330 e. The second-order valence-electron chi connectivity index (χ2n) is 9.59. The number of aliphatic hydroxyl groups is 1. The first-order chi connectivity index (χ1) is 16.4. The molecule has 0 spiro atoms. The minimum Gasteiger partial charge on any atom is -0.463 e. The van der Waals surface area contributed by atoms with E-state index >= 15 is 0 Å². The van der Waals surface area contributed by atoms with Crippen LogP contribution in [0.15, 0.2) is 15.8 Å². The first kappa shape index (κ1) is 28.3. The van der Waals surface area contributed by atoms with Crippen molar-refractivity contribution in [2.24, 2.45) is 0 Å². The summed E-state index contributed by atoms with van der Waals surface area (Å²) in [7, 11) is 0. The second-order valence-corrected chi connectivity index (χ2v) is 9.59. The van der Waals surface area contributed by atoms with Crippen molar-refractivity contribution in [2.45, 2.75) is 129 Å². The van der Waals surface area contributed by atoms with Crippen LogP contribution < -0.4 is 11.2 Å². The molecule has 194 valence electrons. The van der Waals surface area contributed by atoms with Crippen LogP contribution in [0.1, 0.15) is 115 Å². The number of hydrogen-bond acceptors (Lipinski definition) is 6. The topological polar surface area (TPSA) is 111 Å². The standard InChI is InChI=1S/C26H44N2O6/c1-3-4-5-6-7-8-9-10-11-12-13-14-15-16-24(30)33-19-22-21(29)17-23(34-22)28-18-20(2)25(31)27-26(28)32/h18,21-23,29H,3-17,19H2,1-2H3,(H,27,31,32)/t21-,22+,23+/m0/s1. The summed E-state index contributed by atoms with van der Waals surface area (Å²) in [6, 6.07) is 0. The summed E-state index contributed by atoms with van der Waals surface area (Å²) in [5.41, 5.74) is -0.656. The molecule has 0 saturated carbocycles. The summed E-state index contributed by atoms with van der Waals surface area (Å²) in [6.45, 7) is 3.79. The van der Waals surface area contributed by atoms with Crippen molar-refractivity contribution < 1.29 is 19.4 Å². The molecule has 0 unspecified atom stereocenters. The van der Waals surface area contributed by atoms with E-state index in [0.717, 1.165) is 19.3 Å². The summed E-state index contributed by atoms with van der Waals surface area (Å²) < 4.78 is 12.3. The highest BCUT2D eigenvalue weighted by molar-refractivity contribution is 5.69. The summed E-state index contributed by atoms with van der Waals surface area (Å²) in [5, 5.41) is 10.2. The fourth-order valence-electron chi connectivity index (χ4n) is 4.37. The van der Waals surface area contributed by atoms with Crippen molar-refractivity contribution in [3.63, 3.8) is 0 Å². The quantitative estimate of drug-likeness (QED) is 0.251. The number of carbonyl (C=O) groups excluding carboxylic acids is 1. The first-order valence-electron chi connectivity index (χ1n) is 13.2. The molecule has 0 aromatic carbocycles. The van der Waals surface area contributed by atoms with Gasteiger partial charge in [0.2, 0.25) is 0 Å². The minimum atomic E-state index is -0.853. The molecule has 0 bridgehead atoms. The van der Waals surface area contributed by atoms with Crippen LogP contribution in [0, 0.1) is 6.92 Å². The van der Waals surface area contributed by atoms with Gasteiger partial charge in [0.05, 0.1) is 6.10 Å². The normalized spacial score (nSPS) is 20.0. The zero-order chi connectivity index (χ0) is 24.8. The van der Waals surface area contributed by atoms with Gasteiger partial charge in [-0.1, -0.05) is 84.0 Å². The zero-order valence-electron chi connectivity index (χ0n) is 21.1. The largest absolute Gasteiger partial charge is 0.463 e. The van der Waals surface area contributed by atoms with E-state index in [1.807, 2.05) is 0 Å². The number of H-pyrrole nitrogens is 1. The van der Waals surface area contributed by atoms with E-state index in [1.165, 1.54) is 75.0 Å². The highest BCUT2D eigenvalue weighted by Gasteiger charge is 2.36. The molecule has 0 radical (unpaired) electrons. The molecule has 0 amide bonds. The third kappa shape index (κ3) is 10.1. The molecular formula is C26H44N2O6. The molecule has 3 atom stereocenters. The number of esters is 1. The number of nitrogens with one attached hydrogen (secondary N) is 1. The van der Waals surface area contributed by atoms with Gasteiger partial charge in [-0.15, -0.1) is 0 Å². The average Bonchev–Trinajstić information content (AvgIpc) is 3.18. The van der Waals surface area contributed by atoms with Crippen LogP contribution in [0.3, 0.4) is 0 Å². The highest BCUT2D eigenvalue weighted by Crippen LogP contribution is 2.28. The SMILES string of the molecule is CCCCCCCCCCCCCCCC(=O)OC[C@H]1O[C@@H](n2cc(C)c(=O)[nH]c2=O)C[C@@H]1O. The summed E-state index contributed by atoms with van der Waals surface area (Å²) in [4.78, 5) is 37.8. The van der Waals surface area contributed by atoms with Gasteiger partial charge in [-0.2, -0.15) is 0 Å². The summed E-state index contributed by atoms with van der Waals surface area (Å²) >= 11 is 0. The lowest BCUT2D eigenvalue weighted by atomic mass is 10.0. The lowest BCUT2D eigenvalue weighted by molar-refractivity contribution is -0.150. The lowest BCUT2D eigenvalue weighted by Crippen LogP contribution is -2.33. The van der Waals surface area contributed by atoms with Crippen LogP contribution in [-0.2, 0) is 14.3 Å². The molecule has 8 heteroatoms. The monoisotopic (exact) mass is 480 g/mol. The first-order valence-corrected chi connectivity index (χ1v) is 13.2. The Morgan fingerprint density at radius 3 is 2.18 bits per heavy atom. The van der Waals surface area contributed by atoms with E-state index < -0.39 is 29.7 Å². The third-order valence-corrected chi connectivity index (χ3v) is 6.55. The summed E-state index contributed by atoms with van der Waals surface area (Å²) in [5.74, 6) is -0.292. The molecule has 0 aliphatic carbocycles. The third-order valence-electron chi connectivity index (χ3n) is 6.55. The number of hydrogen-bond donors (Lipinski definition) is 2. The van der Waals surface area contributed by atoms with Crippen LogP contribution in [0.2, 0.25) is 0 Å². The van der Waals surface area contributed by atoms with Crippen LogP contribution in [0.4, 0.5) is 0 Å². The Balaban J connectivity index is 1.51. The van der Waals surface area contributed by atoms with Crippen molar-refractivity contribution in [3.8, 4) is 0 Å². The molecule has 34 heavy (non-hydrogen) atoms. The van der Waals surface area contributed by atoms with Gasteiger partial charge in [-0.25, -0.2) is 4.79 Å². The number of ether oxygens (including phenoxy) is 2. The Kier molecular flexibility index (Phi) is 13.2. The lowest BCUT2D eigenvalue weighted by Gasteiger charge is -2.16.